The van der Waals surface area contributed by atoms with E-state index in [1.807, 2.05) is 6.07 Å². The molecule has 1 aromatic heterocycles. The van der Waals surface area contributed by atoms with Crippen LogP contribution >= 0.6 is 0 Å². The molecule has 0 fully saturated rings. The number of fused-ring (bicyclic) bond motifs is 1. The zero-order valence-electron chi connectivity index (χ0n) is 7.50. The van der Waals surface area contributed by atoms with Crippen molar-refractivity contribution >= 4 is 0 Å². The minimum atomic E-state index is 0.510. The maximum Gasteiger partial charge on any atom is 0.140 e. The lowest BCUT2D eigenvalue weighted by Crippen LogP contribution is -1.94. The maximum absolute atomic E-state index is 5.37. The molecule has 0 aromatic carbocycles. The van der Waals surface area contributed by atoms with Gasteiger partial charge in [0, 0.05) is 12.1 Å². The summed E-state index contributed by atoms with van der Waals surface area (Å²) < 4.78 is 5.37. The predicted molar refractivity (Wildman–Crippen MR) is 47.5 cm³/mol. The molecule has 0 amide bonds. The molecule has 1 aliphatic heterocycles. The molecular weight excluding hydrogens is 150 g/mol. The van der Waals surface area contributed by atoms with E-state index in [0.717, 1.165) is 24.5 Å². The van der Waals surface area contributed by atoms with Crippen LogP contribution in [0.25, 0.3) is 0 Å². The van der Waals surface area contributed by atoms with Gasteiger partial charge in [-0.05, 0) is 18.1 Å². The molecule has 64 valence electrons. The first-order valence-electron chi connectivity index (χ1n) is 4.40. The van der Waals surface area contributed by atoms with E-state index in [1.54, 1.807) is 0 Å². The van der Waals surface area contributed by atoms with Gasteiger partial charge in [-0.1, -0.05) is 13.8 Å². The summed E-state index contributed by atoms with van der Waals surface area (Å²) in [4.78, 5) is 4.53. The number of ether oxygens (including phenoxy) is 1. The molecule has 0 unspecified atom stereocenters. The lowest BCUT2D eigenvalue weighted by atomic mass is 10.1. The topological polar surface area (TPSA) is 22.1 Å². The monoisotopic (exact) mass is 163 g/mol. The zero-order valence-corrected chi connectivity index (χ0v) is 7.50. The van der Waals surface area contributed by atoms with Crippen LogP contribution in [0, 0.1) is 0 Å². The molecule has 0 saturated heterocycles. The second-order valence-corrected chi connectivity index (χ2v) is 3.43. The summed E-state index contributed by atoms with van der Waals surface area (Å²) in [5.74, 6) is 1.48. The van der Waals surface area contributed by atoms with Gasteiger partial charge >= 0.3 is 0 Å². The first-order chi connectivity index (χ1) is 5.77. The summed E-state index contributed by atoms with van der Waals surface area (Å²) in [6.45, 7) is 5.11. The van der Waals surface area contributed by atoms with Crippen molar-refractivity contribution in [3.8, 4) is 5.75 Å². The van der Waals surface area contributed by atoms with Gasteiger partial charge in [0.05, 0.1) is 12.3 Å². The molecule has 0 saturated carbocycles. The van der Waals surface area contributed by atoms with Gasteiger partial charge < -0.3 is 4.74 Å². The Labute approximate surface area is 72.6 Å². The van der Waals surface area contributed by atoms with Crippen LogP contribution in [-0.2, 0) is 6.42 Å². The van der Waals surface area contributed by atoms with Crippen molar-refractivity contribution in [2.24, 2.45) is 0 Å². The average molecular weight is 163 g/mol. The summed E-state index contributed by atoms with van der Waals surface area (Å²) in [7, 11) is 0. The van der Waals surface area contributed by atoms with Gasteiger partial charge in [-0.3, -0.25) is 4.98 Å². The highest BCUT2D eigenvalue weighted by atomic mass is 16.5. The van der Waals surface area contributed by atoms with E-state index in [0.29, 0.717) is 5.92 Å². The third kappa shape index (κ3) is 1.17. The van der Waals surface area contributed by atoms with Crippen LogP contribution in [-0.4, -0.2) is 11.6 Å². The third-order valence-corrected chi connectivity index (χ3v) is 2.14. The fourth-order valence-corrected chi connectivity index (χ4v) is 1.40. The van der Waals surface area contributed by atoms with Gasteiger partial charge in [0.2, 0.25) is 0 Å². The normalized spacial score (nSPS) is 14.6. The SMILES string of the molecule is CC(C)c1ccc2c(n1)CCO2. The number of pyridine rings is 1. The molecule has 12 heavy (non-hydrogen) atoms. The molecule has 0 spiro atoms. The number of hydrogen-bond donors (Lipinski definition) is 0. The van der Waals surface area contributed by atoms with Crippen LogP contribution in [0.4, 0.5) is 0 Å². The largest absolute Gasteiger partial charge is 0.491 e. The van der Waals surface area contributed by atoms with Gasteiger partial charge in [-0.25, -0.2) is 0 Å². The van der Waals surface area contributed by atoms with Crippen LogP contribution in [0.1, 0.15) is 31.2 Å². The minimum Gasteiger partial charge on any atom is -0.491 e. The lowest BCUT2D eigenvalue weighted by Gasteiger charge is -2.05. The van der Waals surface area contributed by atoms with Crippen LogP contribution in [0.15, 0.2) is 12.1 Å². The second kappa shape index (κ2) is 2.77. The first kappa shape index (κ1) is 7.59. The van der Waals surface area contributed by atoms with Crippen molar-refractivity contribution in [1.82, 2.24) is 4.98 Å². The van der Waals surface area contributed by atoms with Crippen LogP contribution in [0.5, 0.6) is 5.75 Å². The Hall–Kier alpha value is -1.05. The second-order valence-electron chi connectivity index (χ2n) is 3.43. The molecule has 1 aliphatic rings. The fourth-order valence-electron chi connectivity index (χ4n) is 1.40. The minimum absolute atomic E-state index is 0.510. The Bertz CT molecular complexity index is 294. The van der Waals surface area contributed by atoms with Crippen molar-refractivity contribution in [3.05, 3.63) is 23.5 Å². The average Bonchev–Trinajstić information content (AvgIpc) is 2.49. The highest BCUT2D eigenvalue weighted by molar-refractivity contribution is 5.33. The maximum atomic E-state index is 5.37. The molecule has 2 rings (SSSR count). The van der Waals surface area contributed by atoms with Crippen molar-refractivity contribution in [3.63, 3.8) is 0 Å². The molecule has 2 heterocycles. The molecule has 1 aromatic rings. The summed E-state index contributed by atoms with van der Waals surface area (Å²) in [5, 5.41) is 0. The first-order valence-corrected chi connectivity index (χ1v) is 4.40. The van der Waals surface area contributed by atoms with Crippen molar-refractivity contribution in [1.29, 1.82) is 0 Å². The number of rotatable bonds is 1. The Kier molecular flexibility index (Phi) is 1.75. The molecule has 2 heteroatoms. The van der Waals surface area contributed by atoms with Gasteiger partial charge in [0.1, 0.15) is 5.75 Å². The van der Waals surface area contributed by atoms with E-state index in [9.17, 15) is 0 Å². The summed E-state index contributed by atoms with van der Waals surface area (Å²) >= 11 is 0. The Morgan fingerprint density at radius 1 is 1.42 bits per heavy atom. The molecule has 0 bridgehead atoms. The smallest absolute Gasteiger partial charge is 0.140 e. The molecule has 0 aliphatic carbocycles. The summed E-state index contributed by atoms with van der Waals surface area (Å²) in [5.41, 5.74) is 2.29. The van der Waals surface area contributed by atoms with Gasteiger partial charge in [0.25, 0.3) is 0 Å². The highest BCUT2D eigenvalue weighted by Crippen LogP contribution is 2.25. The number of aromatic nitrogens is 1. The van der Waals surface area contributed by atoms with Crippen LogP contribution in [0.2, 0.25) is 0 Å². The van der Waals surface area contributed by atoms with E-state index in [4.69, 9.17) is 4.74 Å². The summed E-state index contributed by atoms with van der Waals surface area (Å²) in [6, 6.07) is 4.08. The van der Waals surface area contributed by atoms with Crippen molar-refractivity contribution in [2.75, 3.05) is 6.61 Å². The van der Waals surface area contributed by atoms with Gasteiger partial charge in [-0.2, -0.15) is 0 Å². The predicted octanol–water partition coefficient (Wildman–Crippen LogP) is 2.14. The van der Waals surface area contributed by atoms with E-state index in [-0.39, 0.29) is 0 Å². The standard InChI is InChI=1S/C10H13NO/c1-7(2)8-3-4-10-9(11-8)5-6-12-10/h3-4,7H,5-6H2,1-2H3. The van der Waals surface area contributed by atoms with Gasteiger partial charge in [-0.15, -0.1) is 0 Å². The quantitative estimate of drug-likeness (QED) is 0.632. The molecular formula is C10H13NO. The van der Waals surface area contributed by atoms with Crippen LogP contribution in [0.3, 0.4) is 0 Å². The van der Waals surface area contributed by atoms with E-state index >= 15 is 0 Å². The van der Waals surface area contributed by atoms with E-state index in [2.05, 4.69) is 24.9 Å². The summed E-state index contributed by atoms with van der Waals surface area (Å²) in [6.07, 6.45) is 0.968. The number of hydrogen-bond acceptors (Lipinski definition) is 2. The fraction of sp³-hybridized carbons (Fsp3) is 0.500. The van der Waals surface area contributed by atoms with E-state index in [1.165, 1.54) is 5.69 Å². The molecule has 0 atom stereocenters. The molecule has 2 nitrogen and oxygen atoms in total. The third-order valence-electron chi connectivity index (χ3n) is 2.14. The van der Waals surface area contributed by atoms with E-state index < -0.39 is 0 Å². The Morgan fingerprint density at radius 3 is 3.00 bits per heavy atom. The lowest BCUT2D eigenvalue weighted by molar-refractivity contribution is 0.356. The highest BCUT2D eigenvalue weighted by Gasteiger charge is 2.14. The van der Waals surface area contributed by atoms with Gasteiger partial charge in [0.15, 0.2) is 0 Å². The Balaban J connectivity index is 2.39. The molecule has 0 N–H and O–H groups in total. The zero-order chi connectivity index (χ0) is 8.55. The molecule has 0 radical (unpaired) electrons. The Morgan fingerprint density at radius 2 is 2.25 bits per heavy atom. The van der Waals surface area contributed by atoms with Crippen molar-refractivity contribution < 1.29 is 4.74 Å². The van der Waals surface area contributed by atoms with Crippen LogP contribution < -0.4 is 4.74 Å². The number of nitrogens with zero attached hydrogens (tertiary/aromatic N) is 1. The van der Waals surface area contributed by atoms with Crippen molar-refractivity contribution in [2.45, 2.75) is 26.2 Å².